The molecule has 1 aromatic carbocycles. The molecule has 0 aliphatic heterocycles. The second-order valence-electron chi connectivity index (χ2n) is 4.12. The number of alkyl halides is 3. The number of nitriles is 1. The van der Waals surface area contributed by atoms with E-state index in [1.807, 2.05) is 13.8 Å². The van der Waals surface area contributed by atoms with Crippen molar-refractivity contribution in [1.29, 1.82) is 5.26 Å². The molecule has 0 radical (unpaired) electrons. The molecule has 0 saturated heterocycles. The van der Waals surface area contributed by atoms with Crippen molar-refractivity contribution in [3.63, 3.8) is 0 Å². The van der Waals surface area contributed by atoms with Gasteiger partial charge >= 0.3 is 6.18 Å². The van der Waals surface area contributed by atoms with Gasteiger partial charge in [-0.3, -0.25) is 0 Å². The molecule has 5 heteroatoms. The average molecular weight is 242 g/mol. The first kappa shape index (κ1) is 13.4. The zero-order valence-electron chi connectivity index (χ0n) is 9.81. The van der Waals surface area contributed by atoms with Gasteiger partial charge in [-0.15, -0.1) is 0 Å². The Hall–Kier alpha value is -1.70. The second-order valence-corrected chi connectivity index (χ2v) is 4.12. The molecule has 0 amide bonds. The van der Waals surface area contributed by atoms with E-state index in [9.17, 15) is 13.2 Å². The fraction of sp³-hybridized carbons (Fsp3) is 0.417. The quantitative estimate of drug-likeness (QED) is 0.858. The molecule has 0 bridgehead atoms. The van der Waals surface area contributed by atoms with Gasteiger partial charge in [0.15, 0.2) is 0 Å². The molecule has 0 heterocycles. The number of nitrogens with one attached hydrogen (secondary N) is 1. The number of nitrogens with zero attached hydrogens (tertiary/aromatic N) is 1. The minimum atomic E-state index is -4.51. The summed E-state index contributed by atoms with van der Waals surface area (Å²) in [6, 6.07) is 3.86. The second kappa shape index (κ2) is 4.66. The summed E-state index contributed by atoms with van der Waals surface area (Å²) in [7, 11) is 0. The van der Waals surface area contributed by atoms with Crippen molar-refractivity contribution in [2.24, 2.45) is 0 Å². The van der Waals surface area contributed by atoms with Crippen LogP contribution in [0.15, 0.2) is 12.1 Å². The van der Waals surface area contributed by atoms with Crippen LogP contribution in [-0.4, -0.2) is 6.04 Å². The SMILES string of the molecule is Cc1cc(C#N)c(C(F)(F)F)cc1NC(C)C. The summed E-state index contributed by atoms with van der Waals surface area (Å²) in [4.78, 5) is 0. The van der Waals surface area contributed by atoms with Gasteiger partial charge in [-0.05, 0) is 38.5 Å². The summed E-state index contributed by atoms with van der Waals surface area (Å²) >= 11 is 0. The van der Waals surface area contributed by atoms with Crippen molar-refractivity contribution >= 4 is 5.69 Å². The predicted molar refractivity (Wildman–Crippen MR) is 59.7 cm³/mol. The highest BCUT2D eigenvalue weighted by atomic mass is 19.4. The summed E-state index contributed by atoms with van der Waals surface area (Å²) < 4.78 is 38.1. The minimum absolute atomic E-state index is 0.0303. The molecule has 2 nitrogen and oxygen atoms in total. The lowest BCUT2D eigenvalue weighted by Crippen LogP contribution is -2.14. The number of hydrogen-bond acceptors (Lipinski definition) is 2. The molecule has 92 valence electrons. The number of anilines is 1. The van der Waals surface area contributed by atoms with Crippen LogP contribution in [-0.2, 0) is 6.18 Å². The van der Waals surface area contributed by atoms with Crippen LogP contribution < -0.4 is 5.32 Å². The van der Waals surface area contributed by atoms with E-state index in [0.717, 1.165) is 6.07 Å². The third-order valence-corrected chi connectivity index (χ3v) is 2.23. The lowest BCUT2D eigenvalue weighted by atomic mass is 10.0. The molecular weight excluding hydrogens is 229 g/mol. The predicted octanol–water partition coefficient (Wildman–Crippen LogP) is 3.71. The van der Waals surface area contributed by atoms with Gasteiger partial charge in [0.05, 0.1) is 17.2 Å². The first-order valence-electron chi connectivity index (χ1n) is 5.14. The van der Waals surface area contributed by atoms with E-state index in [-0.39, 0.29) is 11.6 Å². The lowest BCUT2D eigenvalue weighted by Gasteiger charge is -2.16. The van der Waals surface area contributed by atoms with Crippen molar-refractivity contribution in [3.8, 4) is 6.07 Å². The Balaban J connectivity index is 3.34. The Bertz CT molecular complexity index is 456. The summed E-state index contributed by atoms with van der Waals surface area (Å²) in [5.41, 5.74) is -0.201. The molecule has 0 atom stereocenters. The zero-order valence-corrected chi connectivity index (χ0v) is 9.81. The standard InChI is InChI=1S/C12H13F3N2/c1-7(2)17-11-5-10(12(13,14)15)9(6-16)4-8(11)3/h4-5,7,17H,1-3H3. The molecule has 0 fully saturated rings. The number of halogens is 3. The van der Waals surface area contributed by atoms with Gasteiger partial charge in [0.25, 0.3) is 0 Å². The highest BCUT2D eigenvalue weighted by molar-refractivity contribution is 5.58. The lowest BCUT2D eigenvalue weighted by molar-refractivity contribution is -0.137. The van der Waals surface area contributed by atoms with Crippen LogP contribution in [0.5, 0.6) is 0 Å². The highest BCUT2D eigenvalue weighted by Gasteiger charge is 2.34. The van der Waals surface area contributed by atoms with Crippen molar-refractivity contribution in [2.45, 2.75) is 33.0 Å². The Morgan fingerprint density at radius 3 is 2.29 bits per heavy atom. The molecule has 1 aromatic rings. The number of hydrogen-bond donors (Lipinski definition) is 1. The van der Waals surface area contributed by atoms with Gasteiger partial charge in [0, 0.05) is 11.7 Å². The van der Waals surface area contributed by atoms with Gasteiger partial charge in [0.1, 0.15) is 0 Å². The summed E-state index contributed by atoms with van der Waals surface area (Å²) in [5.74, 6) is 0. The average Bonchev–Trinajstić information content (AvgIpc) is 2.18. The summed E-state index contributed by atoms with van der Waals surface area (Å²) in [6.45, 7) is 5.35. The third kappa shape index (κ3) is 3.13. The Morgan fingerprint density at radius 2 is 1.88 bits per heavy atom. The summed E-state index contributed by atoms with van der Waals surface area (Å²) in [6.07, 6.45) is -4.51. The fourth-order valence-corrected chi connectivity index (χ4v) is 1.50. The van der Waals surface area contributed by atoms with Crippen LogP contribution >= 0.6 is 0 Å². The Labute approximate surface area is 98.1 Å². The van der Waals surface area contributed by atoms with E-state index in [4.69, 9.17) is 5.26 Å². The highest BCUT2D eigenvalue weighted by Crippen LogP contribution is 2.35. The fourth-order valence-electron chi connectivity index (χ4n) is 1.50. The molecule has 0 aromatic heterocycles. The van der Waals surface area contributed by atoms with Gasteiger partial charge in [-0.25, -0.2) is 0 Å². The van der Waals surface area contributed by atoms with Crippen molar-refractivity contribution in [2.75, 3.05) is 5.32 Å². The van der Waals surface area contributed by atoms with E-state index in [0.29, 0.717) is 11.3 Å². The van der Waals surface area contributed by atoms with E-state index in [1.165, 1.54) is 6.07 Å². The van der Waals surface area contributed by atoms with Gasteiger partial charge in [-0.2, -0.15) is 18.4 Å². The smallest absolute Gasteiger partial charge is 0.383 e. The normalized spacial score (nSPS) is 11.4. The van der Waals surface area contributed by atoms with E-state index in [1.54, 1.807) is 13.0 Å². The molecule has 1 rings (SSSR count). The van der Waals surface area contributed by atoms with Crippen molar-refractivity contribution in [3.05, 3.63) is 28.8 Å². The summed E-state index contributed by atoms with van der Waals surface area (Å²) in [5, 5.41) is 11.6. The monoisotopic (exact) mass is 242 g/mol. The Morgan fingerprint density at radius 1 is 1.29 bits per heavy atom. The maximum Gasteiger partial charge on any atom is 0.417 e. The molecule has 0 spiro atoms. The third-order valence-electron chi connectivity index (χ3n) is 2.23. The molecule has 0 saturated carbocycles. The number of aryl methyl sites for hydroxylation is 1. The van der Waals surface area contributed by atoms with Crippen LogP contribution in [0.3, 0.4) is 0 Å². The molecule has 17 heavy (non-hydrogen) atoms. The molecule has 1 N–H and O–H groups in total. The molecule has 0 unspecified atom stereocenters. The Kier molecular flexibility index (Phi) is 3.66. The van der Waals surface area contributed by atoms with Crippen LogP contribution in [0.1, 0.15) is 30.5 Å². The zero-order chi connectivity index (χ0) is 13.2. The van der Waals surface area contributed by atoms with E-state index in [2.05, 4.69) is 5.32 Å². The van der Waals surface area contributed by atoms with Gasteiger partial charge < -0.3 is 5.32 Å². The van der Waals surface area contributed by atoms with Gasteiger partial charge in [-0.1, -0.05) is 0 Å². The number of rotatable bonds is 2. The van der Waals surface area contributed by atoms with E-state index >= 15 is 0 Å². The van der Waals surface area contributed by atoms with Crippen LogP contribution in [0.2, 0.25) is 0 Å². The van der Waals surface area contributed by atoms with Crippen LogP contribution in [0.25, 0.3) is 0 Å². The van der Waals surface area contributed by atoms with Crippen molar-refractivity contribution < 1.29 is 13.2 Å². The molecule has 0 aliphatic carbocycles. The van der Waals surface area contributed by atoms with Crippen molar-refractivity contribution in [1.82, 2.24) is 0 Å². The molecular formula is C12H13F3N2. The maximum absolute atomic E-state index is 12.7. The van der Waals surface area contributed by atoms with Crippen LogP contribution in [0.4, 0.5) is 18.9 Å². The number of benzene rings is 1. The largest absolute Gasteiger partial charge is 0.417 e. The van der Waals surface area contributed by atoms with Gasteiger partial charge in [0.2, 0.25) is 0 Å². The van der Waals surface area contributed by atoms with Crippen LogP contribution in [0, 0.1) is 18.3 Å². The topological polar surface area (TPSA) is 35.8 Å². The molecule has 0 aliphatic rings. The van der Waals surface area contributed by atoms with E-state index < -0.39 is 11.7 Å². The first-order chi connectivity index (χ1) is 7.75. The maximum atomic E-state index is 12.7. The minimum Gasteiger partial charge on any atom is -0.383 e. The first-order valence-corrected chi connectivity index (χ1v) is 5.14.